The molecule has 0 N–H and O–H groups in total. The molecule has 0 amide bonds. The number of para-hydroxylation sites is 1. The van der Waals surface area contributed by atoms with Crippen LogP contribution < -0.4 is 0 Å². The van der Waals surface area contributed by atoms with Crippen molar-refractivity contribution in [2.45, 2.75) is 23.9 Å². The molecule has 0 unspecified atom stereocenters. The molecule has 0 fully saturated rings. The topological polar surface area (TPSA) is 12.9 Å². The van der Waals surface area contributed by atoms with Gasteiger partial charge in [-0.2, -0.15) is 0 Å². The van der Waals surface area contributed by atoms with Gasteiger partial charge in [-0.3, -0.25) is 0 Å². The van der Waals surface area contributed by atoms with Crippen molar-refractivity contribution in [3.05, 3.63) is 59.2 Å². The van der Waals surface area contributed by atoms with Crippen molar-refractivity contribution < 1.29 is 0 Å². The van der Waals surface area contributed by atoms with E-state index in [4.69, 9.17) is 0 Å². The minimum atomic E-state index is 0.992. The Morgan fingerprint density at radius 1 is 1.11 bits per heavy atom. The van der Waals surface area contributed by atoms with Crippen molar-refractivity contribution in [3.8, 4) is 0 Å². The van der Waals surface area contributed by atoms with Crippen LogP contribution in [0.5, 0.6) is 0 Å². The highest BCUT2D eigenvalue weighted by Gasteiger charge is 2.05. The summed E-state index contributed by atoms with van der Waals surface area (Å²) in [5, 5.41) is 0. The normalized spacial score (nSPS) is 11.1. The van der Waals surface area contributed by atoms with Gasteiger partial charge >= 0.3 is 0 Å². The van der Waals surface area contributed by atoms with Gasteiger partial charge in [0.2, 0.25) is 0 Å². The summed E-state index contributed by atoms with van der Waals surface area (Å²) in [6, 6.07) is 15.0. The van der Waals surface area contributed by atoms with Crippen LogP contribution in [0.4, 0.5) is 0 Å². The van der Waals surface area contributed by atoms with Gasteiger partial charge in [-0.25, -0.2) is 4.98 Å². The zero-order valence-electron chi connectivity index (χ0n) is 11.0. The lowest BCUT2D eigenvalue weighted by Crippen LogP contribution is -1.87. The van der Waals surface area contributed by atoms with E-state index in [0.717, 1.165) is 15.6 Å². The van der Waals surface area contributed by atoms with Gasteiger partial charge in [-0.05, 0) is 37.1 Å². The third-order valence-corrected chi connectivity index (χ3v) is 5.35. The molecule has 0 spiro atoms. The predicted octanol–water partition coefficient (Wildman–Crippen LogP) is 5.21. The minimum Gasteiger partial charge on any atom is -0.230 e. The molecule has 0 aliphatic heterocycles. The van der Waals surface area contributed by atoms with Crippen LogP contribution in [0, 0.1) is 13.8 Å². The molecule has 0 bridgehead atoms. The molecule has 0 radical (unpaired) electrons. The number of thiazole rings is 1. The number of hydrogen-bond acceptors (Lipinski definition) is 3. The van der Waals surface area contributed by atoms with Crippen LogP contribution in [-0.4, -0.2) is 4.98 Å². The van der Waals surface area contributed by atoms with Crippen molar-refractivity contribution >= 4 is 33.3 Å². The van der Waals surface area contributed by atoms with Crippen molar-refractivity contribution in [1.29, 1.82) is 0 Å². The maximum Gasteiger partial charge on any atom is 0.151 e. The molecule has 2 aromatic carbocycles. The molecule has 0 aliphatic rings. The molecule has 96 valence electrons. The third-order valence-electron chi connectivity index (χ3n) is 3.12. The lowest BCUT2D eigenvalue weighted by molar-refractivity contribution is 1.25. The standard InChI is InChI=1S/C16H15NS2/c1-11-7-8-13(12(2)9-11)10-18-16-17-14-5-3-4-6-15(14)19-16/h3-9H,10H2,1-2H3. The molecule has 1 aromatic heterocycles. The Hall–Kier alpha value is -1.32. The molecule has 1 heterocycles. The van der Waals surface area contributed by atoms with Gasteiger partial charge < -0.3 is 0 Å². The second-order valence-corrected chi connectivity index (χ2v) is 6.92. The molecular formula is C16H15NS2. The van der Waals surface area contributed by atoms with Gasteiger partial charge in [0.15, 0.2) is 4.34 Å². The smallest absolute Gasteiger partial charge is 0.151 e. The molecular weight excluding hydrogens is 270 g/mol. The first kappa shape index (κ1) is 12.7. The SMILES string of the molecule is Cc1ccc(CSc2nc3ccccc3s2)c(C)c1. The number of hydrogen-bond donors (Lipinski definition) is 0. The Balaban J connectivity index is 1.78. The fourth-order valence-corrected chi connectivity index (χ4v) is 4.20. The zero-order chi connectivity index (χ0) is 13.2. The molecule has 0 saturated heterocycles. The number of fused-ring (bicyclic) bond motifs is 1. The Kier molecular flexibility index (Phi) is 3.58. The fraction of sp³-hybridized carbons (Fsp3) is 0.188. The van der Waals surface area contributed by atoms with Gasteiger partial charge in [0, 0.05) is 5.75 Å². The molecule has 3 rings (SSSR count). The molecule has 19 heavy (non-hydrogen) atoms. The predicted molar refractivity (Wildman–Crippen MR) is 85.1 cm³/mol. The summed E-state index contributed by atoms with van der Waals surface area (Å²) in [5.74, 6) is 0.992. The molecule has 3 aromatic rings. The third kappa shape index (κ3) is 2.82. The van der Waals surface area contributed by atoms with E-state index in [2.05, 4.69) is 55.2 Å². The summed E-state index contributed by atoms with van der Waals surface area (Å²) in [7, 11) is 0. The van der Waals surface area contributed by atoms with Crippen molar-refractivity contribution in [3.63, 3.8) is 0 Å². The number of thioether (sulfide) groups is 1. The van der Waals surface area contributed by atoms with Crippen LogP contribution in [0.2, 0.25) is 0 Å². The fourth-order valence-electron chi connectivity index (χ4n) is 2.06. The molecule has 0 atom stereocenters. The van der Waals surface area contributed by atoms with E-state index < -0.39 is 0 Å². The van der Waals surface area contributed by atoms with E-state index >= 15 is 0 Å². The lowest BCUT2D eigenvalue weighted by Gasteiger charge is -2.05. The lowest BCUT2D eigenvalue weighted by atomic mass is 10.1. The maximum atomic E-state index is 4.66. The van der Waals surface area contributed by atoms with Crippen LogP contribution in [0.3, 0.4) is 0 Å². The maximum absolute atomic E-state index is 4.66. The van der Waals surface area contributed by atoms with E-state index in [9.17, 15) is 0 Å². The van der Waals surface area contributed by atoms with Crippen LogP contribution in [-0.2, 0) is 5.75 Å². The van der Waals surface area contributed by atoms with Crippen LogP contribution >= 0.6 is 23.1 Å². The van der Waals surface area contributed by atoms with Gasteiger partial charge in [-0.1, -0.05) is 47.7 Å². The average molecular weight is 285 g/mol. The highest BCUT2D eigenvalue weighted by atomic mass is 32.2. The van der Waals surface area contributed by atoms with E-state index in [1.807, 2.05) is 17.8 Å². The zero-order valence-corrected chi connectivity index (χ0v) is 12.6. The summed E-state index contributed by atoms with van der Waals surface area (Å²) in [6.45, 7) is 4.32. The number of nitrogens with zero attached hydrogens (tertiary/aromatic N) is 1. The van der Waals surface area contributed by atoms with E-state index in [-0.39, 0.29) is 0 Å². The Labute approximate surface area is 121 Å². The molecule has 1 nitrogen and oxygen atoms in total. The van der Waals surface area contributed by atoms with Crippen molar-refractivity contribution in [2.24, 2.45) is 0 Å². The van der Waals surface area contributed by atoms with Crippen molar-refractivity contribution in [1.82, 2.24) is 4.98 Å². The monoisotopic (exact) mass is 285 g/mol. The van der Waals surface area contributed by atoms with Gasteiger partial charge in [-0.15, -0.1) is 11.3 Å². The molecule has 3 heteroatoms. The summed E-state index contributed by atoms with van der Waals surface area (Å²) >= 11 is 3.60. The van der Waals surface area contributed by atoms with Crippen LogP contribution in [0.15, 0.2) is 46.8 Å². The Morgan fingerprint density at radius 3 is 2.74 bits per heavy atom. The summed E-state index contributed by atoms with van der Waals surface area (Å²) < 4.78 is 2.42. The molecule has 0 aliphatic carbocycles. The first-order valence-electron chi connectivity index (χ1n) is 6.27. The first-order chi connectivity index (χ1) is 9.22. The quantitative estimate of drug-likeness (QED) is 0.613. The van der Waals surface area contributed by atoms with Crippen molar-refractivity contribution in [2.75, 3.05) is 0 Å². The number of benzene rings is 2. The average Bonchev–Trinajstić information content (AvgIpc) is 2.80. The molecule has 0 saturated carbocycles. The summed E-state index contributed by atoms with van der Waals surface area (Å²) in [6.07, 6.45) is 0. The van der Waals surface area contributed by atoms with E-state index in [0.29, 0.717) is 0 Å². The van der Waals surface area contributed by atoms with E-state index in [1.165, 1.54) is 21.4 Å². The minimum absolute atomic E-state index is 0.992. The first-order valence-corrected chi connectivity index (χ1v) is 8.07. The second-order valence-electron chi connectivity index (χ2n) is 4.67. The Bertz CT molecular complexity index is 683. The number of aryl methyl sites for hydroxylation is 2. The van der Waals surface area contributed by atoms with Crippen LogP contribution in [0.25, 0.3) is 10.2 Å². The van der Waals surface area contributed by atoms with Crippen LogP contribution in [0.1, 0.15) is 16.7 Å². The summed E-state index contributed by atoms with van der Waals surface area (Å²) in [4.78, 5) is 4.66. The number of aromatic nitrogens is 1. The number of rotatable bonds is 3. The van der Waals surface area contributed by atoms with Gasteiger partial charge in [0.1, 0.15) is 0 Å². The van der Waals surface area contributed by atoms with E-state index in [1.54, 1.807) is 11.3 Å². The Morgan fingerprint density at radius 2 is 1.95 bits per heavy atom. The highest BCUT2D eigenvalue weighted by Crippen LogP contribution is 2.31. The van der Waals surface area contributed by atoms with Gasteiger partial charge in [0.05, 0.1) is 10.2 Å². The van der Waals surface area contributed by atoms with Gasteiger partial charge in [0.25, 0.3) is 0 Å². The highest BCUT2D eigenvalue weighted by molar-refractivity contribution is 8.00. The summed E-state index contributed by atoms with van der Waals surface area (Å²) in [5.41, 5.74) is 5.20. The second kappa shape index (κ2) is 5.35. The largest absolute Gasteiger partial charge is 0.230 e.